The number of carbonyl (C=O) groups is 2. The minimum absolute atomic E-state index is 0.112. The Hall–Kier alpha value is -3.66. The summed E-state index contributed by atoms with van der Waals surface area (Å²) in [6.07, 6.45) is 0.655. The Morgan fingerprint density at radius 2 is 1.82 bits per heavy atom. The molecule has 2 aromatic carbocycles. The molecular weight excluding hydrogens is 384 g/mol. The molecule has 140 valence electrons. The molecule has 3 aromatic rings. The smallest absolute Gasteiger partial charge is 0.273 e. The number of hydrogen-bond donors (Lipinski definition) is 0. The number of carbonyl (C=O) groups excluding carboxylic acids is 2. The molecule has 2 amide bonds. The molecule has 0 unspecified atom stereocenters. The summed E-state index contributed by atoms with van der Waals surface area (Å²) < 4.78 is 5.63. The molecule has 9 nitrogen and oxygen atoms in total. The first-order valence-corrected chi connectivity index (χ1v) is 9.07. The van der Waals surface area contributed by atoms with Gasteiger partial charge in [-0.3, -0.25) is 19.7 Å². The van der Waals surface area contributed by atoms with E-state index in [1.54, 1.807) is 6.07 Å². The van der Waals surface area contributed by atoms with E-state index in [1.807, 2.05) is 6.92 Å². The summed E-state index contributed by atoms with van der Waals surface area (Å²) in [6.45, 7) is 1.91. The van der Waals surface area contributed by atoms with Gasteiger partial charge in [-0.2, -0.15) is 0 Å². The number of nitrogens with zero attached hydrogens (tertiary/aromatic N) is 4. The van der Waals surface area contributed by atoms with Crippen molar-refractivity contribution in [3.63, 3.8) is 0 Å². The minimum atomic E-state index is -0.526. The maximum absolute atomic E-state index is 12.8. The van der Waals surface area contributed by atoms with E-state index in [-0.39, 0.29) is 33.4 Å². The van der Waals surface area contributed by atoms with Gasteiger partial charge in [0.1, 0.15) is 16.5 Å². The molecule has 1 aliphatic rings. The van der Waals surface area contributed by atoms with Gasteiger partial charge in [-0.25, -0.2) is 4.90 Å². The molecule has 0 fully saturated rings. The first-order valence-electron chi connectivity index (χ1n) is 8.25. The Morgan fingerprint density at radius 3 is 2.54 bits per heavy atom. The second-order valence-electron chi connectivity index (χ2n) is 5.84. The van der Waals surface area contributed by atoms with Crippen molar-refractivity contribution in [2.75, 3.05) is 4.90 Å². The van der Waals surface area contributed by atoms with Crippen molar-refractivity contribution >= 4 is 34.0 Å². The van der Waals surface area contributed by atoms with Crippen molar-refractivity contribution in [1.29, 1.82) is 0 Å². The van der Waals surface area contributed by atoms with Gasteiger partial charge >= 0.3 is 0 Å². The van der Waals surface area contributed by atoms with Gasteiger partial charge < -0.3 is 4.74 Å². The predicted octanol–water partition coefficient (Wildman–Crippen LogP) is 3.60. The Labute approximate surface area is 162 Å². The third kappa shape index (κ3) is 2.99. The minimum Gasteiger partial charge on any atom is -0.457 e. The van der Waals surface area contributed by atoms with Crippen LogP contribution in [0.4, 0.5) is 10.8 Å². The molecule has 0 bridgehead atoms. The van der Waals surface area contributed by atoms with Crippen LogP contribution >= 0.6 is 11.3 Å². The first kappa shape index (κ1) is 17.7. The number of non-ortho nitro benzene ring substituents is 1. The largest absolute Gasteiger partial charge is 0.457 e. The van der Waals surface area contributed by atoms with E-state index < -0.39 is 16.7 Å². The second-order valence-corrected chi connectivity index (χ2v) is 6.88. The van der Waals surface area contributed by atoms with Gasteiger partial charge in [-0.05, 0) is 30.7 Å². The summed E-state index contributed by atoms with van der Waals surface area (Å²) in [5.41, 5.74) is 0.310. The van der Waals surface area contributed by atoms with Gasteiger partial charge in [0, 0.05) is 6.07 Å². The predicted molar refractivity (Wildman–Crippen MR) is 100 cm³/mol. The molecule has 10 heteroatoms. The molecule has 0 radical (unpaired) electrons. The van der Waals surface area contributed by atoms with E-state index in [1.165, 1.54) is 47.7 Å². The number of aryl methyl sites for hydroxylation is 1. The average molecular weight is 396 g/mol. The summed E-state index contributed by atoms with van der Waals surface area (Å²) in [5, 5.41) is 19.7. The number of ether oxygens (including phenoxy) is 1. The van der Waals surface area contributed by atoms with Crippen LogP contribution in [0.1, 0.15) is 32.6 Å². The van der Waals surface area contributed by atoms with Gasteiger partial charge in [-0.1, -0.05) is 24.3 Å². The van der Waals surface area contributed by atoms with Crippen LogP contribution in [0, 0.1) is 10.1 Å². The number of rotatable bonds is 5. The number of nitro groups is 1. The van der Waals surface area contributed by atoms with Crippen LogP contribution < -0.4 is 9.64 Å². The van der Waals surface area contributed by atoms with Crippen LogP contribution in [0.5, 0.6) is 11.5 Å². The quantitative estimate of drug-likeness (QED) is 0.367. The lowest BCUT2D eigenvalue weighted by Gasteiger charge is -2.07. The van der Waals surface area contributed by atoms with Crippen LogP contribution in [0.15, 0.2) is 42.5 Å². The Kier molecular flexibility index (Phi) is 4.32. The number of amides is 2. The Bertz CT molecular complexity index is 1130. The highest BCUT2D eigenvalue weighted by atomic mass is 32.1. The zero-order chi connectivity index (χ0) is 19.8. The third-order valence-electron chi connectivity index (χ3n) is 4.07. The zero-order valence-electron chi connectivity index (χ0n) is 14.5. The summed E-state index contributed by atoms with van der Waals surface area (Å²) in [5.74, 6) is -0.447. The molecule has 0 atom stereocenters. The Morgan fingerprint density at radius 1 is 1.07 bits per heavy atom. The molecule has 0 N–H and O–H groups in total. The number of aromatic nitrogens is 2. The SMILES string of the molecule is CCc1nnc(N2C(=O)c3ccc(Oc4cccc([N+](=O)[O-])c4)cc3C2=O)s1. The number of benzene rings is 2. The normalized spacial score (nSPS) is 13.0. The van der Waals surface area contributed by atoms with Crippen LogP contribution in [0.2, 0.25) is 0 Å². The van der Waals surface area contributed by atoms with Crippen LogP contribution in [0.25, 0.3) is 0 Å². The van der Waals surface area contributed by atoms with Crippen molar-refractivity contribution in [2.24, 2.45) is 0 Å². The highest BCUT2D eigenvalue weighted by Gasteiger charge is 2.39. The number of imide groups is 1. The molecule has 0 spiro atoms. The van der Waals surface area contributed by atoms with E-state index in [9.17, 15) is 19.7 Å². The third-order valence-corrected chi connectivity index (χ3v) is 5.12. The monoisotopic (exact) mass is 396 g/mol. The number of fused-ring (bicyclic) bond motifs is 1. The van der Waals surface area contributed by atoms with Gasteiger partial charge in [0.15, 0.2) is 0 Å². The van der Waals surface area contributed by atoms with Crippen molar-refractivity contribution in [3.05, 3.63) is 68.7 Å². The average Bonchev–Trinajstić information content (AvgIpc) is 3.25. The standard InChI is InChI=1S/C18H12N4O5S/c1-2-15-19-20-18(28-15)21-16(23)13-7-6-12(9-14(13)17(21)24)27-11-5-3-4-10(8-11)22(25)26/h3-9H,2H2,1H3. The van der Waals surface area contributed by atoms with Gasteiger partial charge in [-0.15, -0.1) is 10.2 Å². The second kappa shape index (κ2) is 6.82. The van der Waals surface area contributed by atoms with Crippen molar-refractivity contribution < 1.29 is 19.2 Å². The fraction of sp³-hybridized carbons (Fsp3) is 0.111. The van der Waals surface area contributed by atoms with Gasteiger partial charge in [0.05, 0.1) is 22.1 Å². The van der Waals surface area contributed by atoms with Crippen molar-refractivity contribution in [3.8, 4) is 11.5 Å². The number of nitro benzene ring substituents is 1. The molecule has 4 rings (SSSR count). The lowest BCUT2D eigenvalue weighted by molar-refractivity contribution is -0.384. The fourth-order valence-corrected chi connectivity index (χ4v) is 3.51. The highest BCUT2D eigenvalue weighted by molar-refractivity contribution is 7.15. The molecule has 28 heavy (non-hydrogen) atoms. The van der Waals surface area contributed by atoms with E-state index in [0.29, 0.717) is 6.42 Å². The first-order chi connectivity index (χ1) is 13.5. The number of anilines is 1. The summed E-state index contributed by atoms with van der Waals surface area (Å²) >= 11 is 1.19. The maximum atomic E-state index is 12.8. The summed E-state index contributed by atoms with van der Waals surface area (Å²) in [7, 11) is 0. The van der Waals surface area contributed by atoms with Gasteiger partial charge in [0.2, 0.25) is 5.13 Å². The van der Waals surface area contributed by atoms with E-state index in [2.05, 4.69) is 10.2 Å². The molecule has 1 aliphatic heterocycles. The topological polar surface area (TPSA) is 116 Å². The zero-order valence-corrected chi connectivity index (χ0v) is 15.3. The summed E-state index contributed by atoms with van der Waals surface area (Å²) in [6, 6.07) is 10.2. The van der Waals surface area contributed by atoms with Crippen molar-refractivity contribution in [1.82, 2.24) is 10.2 Å². The van der Waals surface area contributed by atoms with Gasteiger partial charge in [0.25, 0.3) is 17.5 Å². The van der Waals surface area contributed by atoms with Crippen LogP contribution in [0.3, 0.4) is 0 Å². The van der Waals surface area contributed by atoms with Crippen molar-refractivity contribution in [2.45, 2.75) is 13.3 Å². The molecular formula is C18H12N4O5S. The molecule has 2 heterocycles. The molecule has 1 aromatic heterocycles. The fourth-order valence-electron chi connectivity index (χ4n) is 2.73. The number of hydrogen-bond acceptors (Lipinski definition) is 8. The van der Waals surface area contributed by atoms with E-state index in [4.69, 9.17) is 4.74 Å². The highest BCUT2D eigenvalue weighted by Crippen LogP contribution is 2.34. The van der Waals surface area contributed by atoms with E-state index in [0.717, 1.165) is 9.91 Å². The molecule has 0 saturated carbocycles. The van der Waals surface area contributed by atoms with Crippen LogP contribution in [-0.4, -0.2) is 26.9 Å². The maximum Gasteiger partial charge on any atom is 0.273 e. The Balaban J connectivity index is 1.63. The van der Waals surface area contributed by atoms with Crippen LogP contribution in [-0.2, 0) is 6.42 Å². The van der Waals surface area contributed by atoms with E-state index >= 15 is 0 Å². The lowest BCUT2D eigenvalue weighted by Crippen LogP contribution is -2.29. The molecule has 0 saturated heterocycles. The summed E-state index contributed by atoms with van der Waals surface area (Å²) in [4.78, 5) is 36.7. The molecule has 0 aliphatic carbocycles. The lowest BCUT2D eigenvalue weighted by atomic mass is 10.1.